The summed E-state index contributed by atoms with van der Waals surface area (Å²) < 4.78 is 1.65. The fourth-order valence-corrected chi connectivity index (χ4v) is 1.44. The SMILES string of the molecule is C#CCCCC(=O)c1cc(CC)nn1C. The minimum absolute atomic E-state index is 0.125. The highest BCUT2D eigenvalue weighted by molar-refractivity contribution is 5.94. The molecular formula is C12H16N2O. The highest BCUT2D eigenvalue weighted by atomic mass is 16.1. The Balaban J connectivity index is 2.65. The summed E-state index contributed by atoms with van der Waals surface area (Å²) >= 11 is 0. The molecule has 0 N–H and O–H groups in total. The van der Waals surface area contributed by atoms with Crippen molar-refractivity contribution in [3.63, 3.8) is 0 Å². The van der Waals surface area contributed by atoms with E-state index in [4.69, 9.17) is 6.42 Å². The lowest BCUT2D eigenvalue weighted by Gasteiger charge is -1.98. The standard InChI is InChI=1S/C12H16N2O/c1-4-6-7-8-12(15)11-9-10(5-2)13-14(11)3/h1,9H,5-8H2,2-3H3. The first-order valence-corrected chi connectivity index (χ1v) is 5.18. The lowest BCUT2D eigenvalue weighted by atomic mass is 10.1. The zero-order valence-corrected chi connectivity index (χ0v) is 9.29. The molecule has 0 aromatic carbocycles. The summed E-state index contributed by atoms with van der Waals surface area (Å²) in [4.78, 5) is 11.7. The molecule has 0 aliphatic heterocycles. The first-order valence-electron chi connectivity index (χ1n) is 5.18. The van der Waals surface area contributed by atoms with E-state index in [-0.39, 0.29) is 5.78 Å². The normalized spacial score (nSPS) is 9.93. The number of Topliss-reactive ketones (excluding diaryl/α,β-unsaturated/α-hetero) is 1. The Morgan fingerprint density at radius 2 is 2.40 bits per heavy atom. The third-order valence-corrected chi connectivity index (χ3v) is 2.30. The molecule has 0 radical (unpaired) electrons. The topological polar surface area (TPSA) is 34.9 Å². The van der Waals surface area contributed by atoms with Gasteiger partial charge < -0.3 is 0 Å². The Bertz CT molecular complexity index is 385. The molecule has 0 aliphatic rings. The van der Waals surface area contributed by atoms with Crippen LogP contribution >= 0.6 is 0 Å². The second kappa shape index (κ2) is 5.35. The highest BCUT2D eigenvalue weighted by Gasteiger charge is 2.11. The predicted molar refractivity (Wildman–Crippen MR) is 59.6 cm³/mol. The first-order chi connectivity index (χ1) is 7.19. The predicted octanol–water partition coefficient (Wildman–Crippen LogP) is 1.97. The van der Waals surface area contributed by atoms with Crippen molar-refractivity contribution in [2.45, 2.75) is 32.6 Å². The van der Waals surface area contributed by atoms with Crippen LogP contribution in [-0.4, -0.2) is 15.6 Å². The van der Waals surface area contributed by atoms with Crippen molar-refractivity contribution in [3.8, 4) is 12.3 Å². The van der Waals surface area contributed by atoms with Gasteiger partial charge in [0.05, 0.1) is 5.69 Å². The van der Waals surface area contributed by atoms with Crippen LogP contribution in [-0.2, 0) is 13.5 Å². The number of carbonyl (C=O) groups excluding carboxylic acids is 1. The van der Waals surface area contributed by atoms with E-state index in [0.717, 1.165) is 18.5 Å². The quantitative estimate of drug-likeness (QED) is 0.417. The largest absolute Gasteiger partial charge is 0.292 e. The zero-order chi connectivity index (χ0) is 11.3. The molecule has 0 bridgehead atoms. The second-order valence-corrected chi connectivity index (χ2v) is 3.48. The summed E-state index contributed by atoms with van der Waals surface area (Å²) in [6.07, 6.45) is 7.90. The number of nitrogens with zero attached hydrogens (tertiary/aromatic N) is 2. The average molecular weight is 204 g/mol. The molecule has 80 valence electrons. The number of hydrogen-bond acceptors (Lipinski definition) is 2. The number of rotatable bonds is 5. The van der Waals surface area contributed by atoms with E-state index in [0.29, 0.717) is 18.5 Å². The van der Waals surface area contributed by atoms with Crippen molar-refractivity contribution >= 4 is 5.78 Å². The summed E-state index contributed by atoms with van der Waals surface area (Å²) in [6.45, 7) is 2.02. The molecule has 0 saturated carbocycles. The van der Waals surface area contributed by atoms with E-state index in [1.807, 2.05) is 13.0 Å². The maximum atomic E-state index is 11.7. The number of unbranched alkanes of at least 4 members (excludes halogenated alkanes) is 1. The fourth-order valence-electron chi connectivity index (χ4n) is 1.44. The van der Waals surface area contributed by atoms with Crippen molar-refractivity contribution in [2.24, 2.45) is 7.05 Å². The Labute approximate surface area is 90.5 Å². The van der Waals surface area contributed by atoms with Crippen molar-refractivity contribution < 1.29 is 4.79 Å². The molecule has 0 amide bonds. The zero-order valence-electron chi connectivity index (χ0n) is 9.29. The molecule has 0 saturated heterocycles. The summed E-state index contributed by atoms with van der Waals surface area (Å²) in [5.41, 5.74) is 1.64. The van der Waals surface area contributed by atoms with E-state index in [1.54, 1.807) is 11.7 Å². The van der Waals surface area contributed by atoms with Gasteiger partial charge in [-0.25, -0.2) is 0 Å². The number of terminal acetylenes is 1. The molecule has 3 nitrogen and oxygen atoms in total. The van der Waals surface area contributed by atoms with Crippen LogP contribution in [0.2, 0.25) is 0 Å². The van der Waals surface area contributed by atoms with Gasteiger partial charge in [-0.2, -0.15) is 5.10 Å². The van der Waals surface area contributed by atoms with Gasteiger partial charge in [-0.05, 0) is 18.9 Å². The van der Waals surface area contributed by atoms with Crippen molar-refractivity contribution in [3.05, 3.63) is 17.5 Å². The van der Waals surface area contributed by atoms with E-state index >= 15 is 0 Å². The van der Waals surface area contributed by atoms with Crippen LogP contribution in [0.1, 0.15) is 42.4 Å². The minimum Gasteiger partial charge on any atom is -0.292 e. The number of aromatic nitrogens is 2. The van der Waals surface area contributed by atoms with Gasteiger partial charge in [-0.3, -0.25) is 9.48 Å². The summed E-state index contributed by atoms with van der Waals surface area (Å²) in [5, 5.41) is 4.23. The van der Waals surface area contributed by atoms with Crippen molar-refractivity contribution in [1.82, 2.24) is 9.78 Å². The third kappa shape index (κ3) is 2.95. The molecule has 1 heterocycles. The summed E-state index contributed by atoms with van der Waals surface area (Å²) in [7, 11) is 1.80. The minimum atomic E-state index is 0.125. The van der Waals surface area contributed by atoms with Gasteiger partial charge in [0.25, 0.3) is 0 Å². The lowest BCUT2D eigenvalue weighted by Crippen LogP contribution is -2.06. The smallest absolute Gasteiger partial charge is 0.180 e. The molecule has 0 aliphatic carbocycles. The van der Waals surface area contributed by atoms with Gasteiger partial charge in [0, 0.05) is 19.9 Å². The molecule has 15 heavy (non-hydrogen) atoms. The molecule has 0 unspecified atom stereocenters. The summed E-state index contributed by atoms with van der Waals surface area (Å²) in [6, 6.07) is 1.86. The molecule has 3 heteroatoms. The van der Waals surface area contributed by atoms with Crippen LogP contribution in [0.4, 0.5) is 0 Å². The Hall–Kier alpha value is -1.56. The maximum absolute atomic E-state index is 11.7. The fraction of sp³-hybridized carbons (Fsp3) is 0.500. The van der Waals surface area contributed by atoms with E-state index in [1.165, 1.54) is 0 Å². The van der Waals surface area contributed by atoms with Gasteiger partial charge in [-0.15, -0.1) is 12.3 Å². The van der Waals surface area contributed by atoms with Crippen LogP contribution in [0.5, 0.6) is 0 Å². The van der Waals surface area contributed by atoms with Crippen molar-refractivity contribution in [1.29, 1.82) is 0 Å². The van der Waals surface area contributed by atoms with Gasteiger partial charge in [0.15, 0.2) is 5.78 Å². The Kier molecular flexibility index (Phi) is 4.11. The van der Waals surface area contributed by atoms with E-state index in [9.17, 15) is 4.79 Å². The molecule has 1 rings (SSSR count). The average Bonchev–Trinajstić information content (AvgIpc) is 2.60. The van der Waals surface area contributed by atoms with Crippen LogP contribution in [0.25, 0.3) is 0 Å². The molecule has 1 aromatic rings. The Morgan fingerprint density at radius 1 is 1.67 bits per heavy atom. The first kappa shape index (κ1) is 11.5. The second-order valence-electron chi connectivity index (χ2n) is 3.48. The Morgan fingerprint density at radius 3 is 2.93 bits per heavy atom. The molecule has 0 atom stereocenters. The highest BCUT2D eigenvalue weighted by Crippen LogP contribution is 2.08. The van der Waals surface area contributed by atoms with Crippen molar-refractivity contribution in [2.75, 3.05) is 0 Å². The van der Waals surface area contributed by atoms with Crippen LogP contribution in [0.15, 0.2) is 6.07 Å². The van der Waals surface area contributed by atoms with Gasteiger partial charge in [-0.1, -0.05) is 6.92 Å². The van der Waals surface area contributed by atoms with E-state index in [2.05, 4.69) is 11.0 Å². The van der Waals surface area contributed by atoms with E-state index < -0.39 is 0 Å². The molecular weight excluding hydrogens is 188 g/mol. The van der Waals surface area contributed by atoms with Gasteiger partial charge >= 0.3 is 0 Å². The molecule has 0 spiro atoms. The molecule has 1 aromatic heterocycles. The monoisotopic (exact) mass is 204 g/mol. The van der Waals surface area contributed by atoms with Gasteiger partial charge in [0.2, 0.25) is 0 Å². The number of ketones is 1. The lowest BCUT2D eigenvalue weighted by molar-refractivity contribution is 0.0971. The van der Waals surface area contributed by atoms with Crippen LogP contribution < -0.4 is 0 Å². The maximum Gasteiger partial charge on any atom is 0.180 e. The molecule has 0 fully saturated rings. The van der Waals surface area contributed by atoms with Gasteiger partial charge in [0.1, 0.15) is 5.69 Å². The third-order valence-electron chi connectivity index (χ3n) is 2.30. The number of hydrogen-bond donors (Lipinski definition) is 0. The van der Waals surface area contributed by atoms with Crippen LogP contribution in [0.3, 0.4) is 0 Å². The summed E-state index contributed by atoms with van der Waals surface area (Å²) in [5.74, 6) is 2.66. The number of aryl methyl sites for hydroxylation is 2. The number of carbonyl (C=O) groups is 1. The van der Waals surface area contributed by atoms with Crippen LogP contribution in [0, 0.1) is 12.3 Å².